The molecule has 0 aromatic heterocycles. The van der Waals surface area contributed by atoms with Crippen molar-refractivity contribution in [3.63, 3.8) is 0 Å². The number of unbranched alkanes of at least 4 members (excludes halogenated alkanes) is 1. The Morgan fingerprint density at radius 3 is 1.74 bits per heavy atom. The number of rotatable bonds is 21. The fourth-order valence-electron chi connectivity index (χ4n) is 2.56. The summed E-state index contributed by atoms with van der Waals surface area (Å²) in [5.41, 5.74) is 5.48. The maximum atomic E-state index is 11.8. The van der Waals surface area contributed by atoms with E-state index >= 15 is 0 Å². The molecule has 0 rings (SSSR count). The molecule has 0 aromatic carbocycles. The smallest absolute Gasteiger partial charge is 0.236 e. The van der Waals surface area contributed by atoms with Gasteiger partial charge in [-0.2, -0.15) is 0 Å². The van der Waals surface area contributed by atoms with Crippen LogP contribution >= 0.6 is 21.6 Å². The van der Waals surface area contributed by atoms with E-state index in [2.05, 4.69) is 78.3 Å². The number of nitrogens with two attached hydrogens (primary N) is 1. The van der Waals surface area contributed by atoms with Gasteiger partial charge in [-0.1, -0.05) is 89.3 Å². The van der Waals surface area contributed by atoms with E-state index in [1.807, 2.05) is 0 Å². The van der Waals surface area contributed by atoms with Crippen molar-refractivity contribution in [2.45, 2.75) is 71.3 Å². The highest BCUT2D eigenvalue weighted by molar-refractivity contribution is 8.76. The van der Waals surface area contributed by atoms with Gasteiger partial charge in [0.1, 0.15) is 0 Å². The van der Waals surface area contributed by atoms with Crippen molar-refractivity contribution >= 4 is 33.4 Å². The standard InChI is InChI=1S/C27H45N3O2S2/c1-3-4-5-6-7-8-9-10-11-12-13-14-15-16-17-18-19-20-26(31)29-21-23-33-34-24-22-30-27(32)25(2)28/h4-5,7-8,10-11,13-14,16-17,25H,3,6,9,12,15,18-24,28H2,1-2H3,(H,29,31)(H,30,32). The minimum atomic E-state index is -0.464. The van der Waals surface area contributed by atoms with Crippen molar-refractivity contribution in [3.05, 3.63) is 60.8 Å². The van der Waals surface area contributed by atoms with Crippen molar-refractivity contribution in [1.29, 1.82) is 0 Å². The molecule has 5 nitrogen and oxygen atoms in total. The van der Waals surface area contributed by atoms with Gasteiger partial charge in [-0.3, -0.25) is 9.59 Å². The zero-order valence-corrected chi connectivity index (χ0v) is 22.7. The molecule has 4 N–H and O–H groups in total. The number of nitrogens with one attached hydrogen (secondary N) is 2. The van der Waals surface area contributed by atoms with Gasteiger partial charge in [0.05, 0.1) is 6.04 Å². The first kappa shape index (κ1) is 32.3. The highest BCUT2D eigenvalue weighted by Crippen LogP contribution is 2.19. The second-order valence-electron chi connectivity index (χ2n) is 7.67. The second-order valence-corrected chi connectivity index (χ2v) is 10.4. The summed E-state index contributed by atoms with van der Waals surface area (Å²) in [6, 6.07) is -0.464. The quantitative estimate of drug-likeness (QED) is 0.103. The molecule has 0 aliphatic heterocycles. The minimum Gasteiger partial charge on any atom is -0.355 e. The molecule has 0 heterocycles. The van der Waals surface area contributed by atoms with E-state index in [-0.39, 0.29) is 11.8 Å². The Balaban J connectivity index is 3.48. The summed E-state index contributed by atoms with van der Waals surface area (Å²) in [6.07, 6.45) is 29.3. The van der Waals surface area contributed by atoms with Crippen molar-refractivity contribution < 1.29 is 9.59 Å². The van der Waals surface area contributed by atoms with Gasteiger partial charge in [0.2, 0.25) is 11.8 Å². The van der Waals surface area contributed by atoms with Crippen LogP contribution in [0.25, 0.3) is 0 Å². The van der Waals surface area contributed by atoms with Crippen LogP contribution in [0.1, 0.15) is 65.2 Å². The monoisotopic (exact) mass is 507 g/mol. The van der Waals surface area contributed by atoms with Gasteiger partial charge in [-0.15, -0.1) is 0 Å². The molecule has 0 aliphatic carbocycles. The Kier molecular flexibility index (Phi) is 24.6. The predicted molar refractivity (Wildman–Crippen MR) is 153 cm³/mol. The summed E-state index contributed by atoms with van der Waals surface area (Å²) in [5.74, 6) is 1.67. The number of amides is 2. The number of hydrogen-bond acceptors (Lipinski definition) is 5. The van der Waals surface area contributed by atoms with Gasteiger partial charge in [0.15, 0.2) is 0 Å². The van der Waals surface area contributed by atoms with E-state index in [0.29, 0.717) is 19.5 Å². The predicted octanol–water partition coefficient (Wildman–Crippen LogP) is 5.87. The molecule has 0 saturated heterocycles. The van der Waals surface area contributed by atoms with Crippen molar-refractivity contribution in [1.82, 2.24) is 10.6 Å². The van der Waals surface area contributed by atoms with Crippen LogP contribution in [0.4, 0.5) is 0 Å². The molecule has 7 heteroatoms. The van der Waals surface area contributed by atoms with Gasteiger partial charge in [-0.05, 0) is 51.9 Å². The molecule has 2 amide bonds. The van der Waals surface area contributed by atoms with Gasteiger partial charge < -0.3 is 16.4 Å². The minimum absolute atomic E-state index is 0.113. The van der Waals surface area contributed by atoms with Crippen LogP contribution in [0, 0.1) is 0 Å². The lowest BCUT2D eigenvalue weighted by molar-refractivity contribution is -0.122. The van der Waals surface area contributed by atoms with Crippen molar-refractivity contribution in [2.75, 3.05) is 24.6 Å². The molecule has 0 aliphatic rings. The third kappa shape index (κ3) is 24.9. The summed E-state index contributed by atoms with van der Waals surface area (Å²) >= 11 is 0. The molecule has 1 unspecified atom stereocenters. The normalized spacial score (nSPS) is 13.1. The molecule has 1 atom stereocenters. The summed E-state index contributed by atoms with van der Waals surface area (Å²) in [6.45, 7) is 5.10. The van der Waals surface area contributed by atoms with E-state index < -0.39 is 6.04 Å². The summed E-state index contributed by atoms with van der Waals surface area (Å²) < 4.78 is 0. The zero-order chi connectivity index (χ0) is 25.1. The van der Waals surface area contributed by atoms with Gasteiger partial charge in [0.25, 0.3) is 0 Å². The zero-order valence-electron chi connectivity index (χ0n) is 21.0. The number of carbonyl (C=O) groups is 2. The molecule has 0 saturated carbocycles. The van der Waals surface area contributed by atoms with Crippen LogP contribution in [-0.4, -0.2) is 42.5 Å². The van der Waals surface area contributed by atoms with Crippen LogP contribution in [0.3, 0.4) is 0 Å². The molecular formula is C27H45N3O2S2. The lowest BCUT2D eigenvalue weighted by Gasteiger charge is -2.07. The first-order chi connectivity index (χ1) is 16.6. The molecular weight excluding hydrogens is 462 g/mol. The average Bonchev–Trinajstić information content (AvgIpc) is 2.82. The number of carbonyl (C=O) groups excluding carboxylic acids is 2. The number of allylic oxidation sites excluding steroid dienone is 10. The highest BCUT2D eigenvalue weighted by atomic mass is 33.1. The topological polar surface area (TPSA) is 84.2 Å². The third-order valence-electron chi connectivity index (χ3n) is 4.42. The fourth-order valence-corrected chi connectivity index (χ4v) is 4.38. The molecule has 34 heavy (non-hydrogen) atoms. The average molecular weight is 508 g/mol. The fraction of sp³-hybridized carbons (Fsp3) is 0.556. The van der Waals surface area contributed by atoms with E-state index in [1.165, 1.54) is 0 Å². The maximum Gasteiger partial charge on any atom is 0.236 e. The van der Waals surface area contributed by atoms with Crippen molar-refractivity contribution in [2.24, 2.45) is 5.73 Å². The van der Waals surface area contributed by atoms with Gasteiger partial charge in [-0.25, -0.2) is 0 Å². The first-order valence-electron chi connectivity index (χ1n) is 12.4. The molecule has 0 aromatic rings. The van der Waals surface area contributed by atoms with Gasteiger partial charge in [0, 0.05) is 31.0 Å². The van der Waals surface area contributed by atoms with E-state index in [9.17, 15) is 9.59 Å². The van der Waals surface area contributed by atoms with E-state index in [4.69, 9.17) is 5.73 Å². The maximum absolute atomic E-state index is 11.8. The van der Waals surface area contributed by atoms with Crippen LogP contribution in [0.5, 0.6) is 0 Å². The Morgan fingerprint density at radius 2 is 1.24 bits per heavy atom. The number of hydrogen-bond donors (Lipinski definition) is 3. The van der Waals surface area contributed by atoms with Crippen molar-refractivity contribution in [3.8, 4) is 0 Å². The molecule has 192 valence electrons. The van der Waals surface area contributed by atoms with Gasteiger partial charge >= 0.3 is 0 Å². The SMILES string of the molecule is CCC=CCC=CCC=CCC=CCC=CCCCC(=O)NCCSSCCNC(=O)C(C)N. The first-order valence-corrected chi connectivity index (χ1v) is 14.9. The Labute approximate surface area is 215 Å². The highest BCUT2D eigenvalue weighted by Gasteiger charge is 2.05. The molecule has 0 spiro atoms. The largest absolute Gasteiger partial charge is 0.355 e. The molecule has 0 bridgehead atoms. The van der Waals surface area contributed by atoms with Crippen LogP contribution in [-0.2, 0) is 9.59 Å². The Hall–Kier alpha value is -1.70. The third-order valence-corrected chi connectivity index (χ3v) is 6.83. The summed E-state index contributed by atoms with van der Waals surface area (Å²) in [7, 11) is 3.38. The van der Waals surface area contributed by atoms with E-state index in [1.54, 1.807) is 28.5 Å². The van der Waals surface area contributed by atoms with Crippen LogP contribution in [0.2, 0.25) is 0 Å². The van der Waals surface area contributed by atoms with Crippen LogP contribution < -0.4 is 16.4 Å². The molecule has 0 fully saturated rings. The second kappa shape index (κ2) is 25.9. The van der Waals surface area contributed by atoms with E-state index in [0.717, 1.165) is 56.5 Å². The summed E-state index contributed by atoms with van der Waals surface area (Å²) in [4.78, 5) is 23.1. The van der Waals surface area contributed by atoms with Crippen LogP contribution in [0.15, 0.2) is 60.8 Å². The lowest BCUT2D eigenvalue weighted by atomic mass is 10.2. The molecule has 0 radical (unpaired) electrons. The Morgan fingerprint density at radius 1 is 0.765 bits per heavy atom. The lowest BCUT2D eigenvalue weighted by Crippen LogP contribution is -2.39. The Bertz CT molecular complexity index is 656. The summed E-state index contributed by atoms with van der Waals surface area (Å²) in [5, 5.41) is 5.73.